The molecule has 1 aliphatic carbocycles. The van der Waals surface area contributed by atoms with E-state index < -0.39 is 12.9 Å². The molecule has 0 bridgehead atoms. The van der Waals surface area contributed by atoms with Gasteiger partial charge < -0.3 is 10.6 Å². The number of nitrogens with zero attached hydrogens (tertiary/aromatic N) is 3. The molecule has 1 fully saturated rings. The fourth-order valence-electron chi connectivity index (χ4n) is 2.17. The summed E-state index contributed by atoms with van der Waals surface area (Å²) >= 11 is 7.41. The van der Waals surface area contributed by atoms with E-state index in [1.54, 1.807) is 6.20 Å². The third-order valence-electron chi connectivity index (χ3n) is 3.49. The molecule has 2 heterocycles. The fraction of sp³-hybridized carbons (Fsp3) is 0.333. The van der Waals surface area contributed by atoms with Gasteiger partial charge in [-0.3, -0.25) is 4.79 Å². The van der Waals surface area contributed by atoms with E-state index in [0.717, 1.165) is 4.90 Å². The van der Waals surface area contributed by atoms with E-state index in [1.807, 2.05) is 11.6 Å². The zero-order valence-corrected chi connectivity index (χ0v) is 13.8. The molecule has 0 spiro atoms. The van der Waals surface area contributed by atoms with Gasteiger partial charge in [0.2, 0.25) is 0 Å². The van der Waals surface area contributed by atoms with Gasteiger partial charge in [0.05, 0.1) is 10.6 Å². The van der Waals surface area contributed by atoms with E-state index in [-0.39, 0.29) is 16.5 Å². The maximum atomic E-state index is 12.2. The number of thioether (sulfide) groups is 1. The molecule has 0 aromatic carbocycles. The number of hydrogen-bond acceptors (Lipinski definition) is 6. The van der Waals surface area contributed by atoms with Gasteiger partial charge in [-0.2, -0.15) is 0 Å². The van der Waals surface area contributed by atoms with Crippen molar-refractivity contribution in [1.29, 1.82) is 0 Å². The molecule has 1 aliphatic rings. The van der Waals surface area contributed by atoms with Gasteiger partial charge >= 0.3 is 0 Å². The summed E-state index contributed by atoms with van der Waals surface area (Å²) in [6.07, 6.45) is 6.08. The summed E-state index contributed by atoms with van der Waals surface area (Å²) in [4.78, 5) is 17.6. The molecule has 8 heteroatoms. The lowest BCUT2D eigenvalue weighted by Gasteiger charge is -2.13. The van der Waals surface area contributed by atoms with E-state index in [0.29, 0.717) is 11.7 Å². The Labute approximate surface area is 147 Å². The zero-order chi connectivity index (χ0) is 18.9. The molecule has 1 saturated carbocycles. The average molecular weight is 353 g/mol. The lowest BCUT2D eigenvalue weighted by molar-refractivity contribution is 0.0958. The van der Waals surface area contributed by atoms with Crippen molar-refractivity contribution in [3.05, 3.63) is 34.7 Å². The molecule has 0 unspecified atom stereocenters. The van der Waals surface area contributed by atoms with Crippen LogP contribution in [0.5, 0.6) is 0 Å². The van der Waals surface area contributed by atoms with Crippen LogP contribution in [0.25, 0.3) is 0 Å². The van der Waals surface area contributed by atoms with Gasteiger partial charge in [0.15, 0.2) is 10.8 Å². The van der Waals surface area contributed by atoms with E-state index in [4.69, 9.17) is 15.7 Å². The summed E-state index contributed by atoms with van der Waals surface area (Å²) in [6.45, 7) is -2.63. The molecular formula is C15H16ClN5OS. The van der Waals surface area contributed by atoms with Crippen molar-refractivity contribution in [3.8, 4) is 0 Å². The third kappa shape index (κ3) is 3.56. The summed E-state index contributed by atoms with van der Waals surface area (Å²) in [5, 5.41) is 12.3. The molecule has 120 valence electrons. The van der Waals surface area contributed by atoms with Crippen LogP contribution in [0.2, 0.25) is 5.15 Å². The van der Waals surface area contributed by atoms with Crippen LogP contribution in [0.15, 0.2) is 23.2 Å². The Morgan fingerprint density at radius 2 is 2.26 bits per heavy atom. The Morgan fingerprint density at radius 1 is 1.43 bits per heavy atom. The minimum atomic E-state index is -2.63. The summed E-state index contributed by atoms with van der Waals surface area (Å²) < 4.78 is 21.5. The smallest absolute Gasteiger partial charge is 0.273 e. The molecule has 6 nitrogen and oxygen atoms in total. The summed E-state index contributed by atoms with van der Waals surface area (Å²) in [5.74, 6) is 0.228. The van der Waals surface area contributed by atoms with E-state index in [1.165, 1.54) is 36.2 Å². The quantitative estimate of drug-likeness (QED) is 0.804. The van der Waals surface area contributed by atoms with Crippen LogP contribution >= 0.6 is 23.4 Å². The zero-order valence-electron chi connectivity index (χ0n) is 15.3. The van der Waals surface area contributed by atoms with Crippen LogP contribution in [-0.2, 0) is 0 Å². The van der Waals surface area contributed by atoms with E-state index in [9.17, 15) is 4.79 Å². The maximum absolute atomic E-state index is 12.2. The van der Waals surface area contributed by atoms with Crippen molar-refractivity contribution >= 4 is 40.8 Å². The van der Waals surface area contributed by atoms with Gasteiger partial charge in [-0.1, -0.05) is 11.6 Å². The topological polar surface area (TPSA) is 79.8 Å². The van der Waals surface area contributed by atoms with Crippen molar-refractivity contribution < 1.29 is 8.91 Å². The highest BCUT2D eigenvalue weighted by atomic mass is 35.5. The number of pyridine rings is 1. The predicted molar refractivity (Wildman–Crippen MR) is 91.7 cm³/mol. The van der Waals surface area contributed by atoms with E-state index >= 15 is 0 Å². The van der Waals surface area contributed by atoms with Gasteiger partial charge in [-0.15, -0.1) is 22.0 Å². The van der Waals surface area contributed by atoms with Crippen LogP contribution < -0.4 is 10.6 Å². The number of hydrogen-bond donors (Lipinski definition) is 2. The molecule has 0 radical (unpaired) electrons. The Kier molecular flexibility index (Phi) is 3.67. The minimum absolute atomic E-state index is 0.0678. The van der Waals surface area contributed by atoms with Gasteiger partial charge in [0, 0.05) is 23.4 Å². The van der Waals surface area contributed by atoms with Crippen LogP contribution in [0, 0.1) is 0 Å². The summed E-state index contributed by atoms with van der Waals surface area (Å²) in [5.41, 5.74) is 1.24. The highest BCUT2D eigenvalue weighted by molar-refractivity contribution is 7.98. The average Bonchev–Trinajstić information content (AvgIpc) is 3.38. The monoisotopic (exact) mass is 352 g/mol. The standard InChI is InChI=1S/C15H16ClN5OS/c1-17-15(22)13-10(6-12(16)20-21-13)19-14-11(23-2)5-9(7-18-14)8-3-4-8/h5-8H,3-4H2,1-2H3,(H,17,22)(H,18,19,20)/i1D3. The molecule has 2 N–H and O–H groups in total. The minimum Gasteiger partial charge on any atom is -0.354 e. The molecule has 3 rings (SSSR count). The maximum Gasteiger partial charge on any atom is 0.273 e. The number of rotatable bonds is 5. The van der Waals surface area contributed by atoms with Crippen LogP contribution in [-0.4, -0.2) is 34.3 Å². The normalized spacial score (nSPS) is 16.2. The van der Waals surface area contributed by atoms with Gasteiger partial charge in [0.1, 0.15) is 5.82 Å². The highest BCUT2D eigenvalue weighted by Gasteiger charge is 2.25. The van der Waals surface area contributed by atoms with Crippen molar-refractivity contribution in [3.63, 3.8) is 0 Å². The first-order chi connectivity index (χ1) is 12.3. The molecule has 23 heavy (non-hydrogen) atoms. The highest BCUT2D eigenvalue weighted by Crippen LogP contribution is 2.41. The first-order valence-corrected chi connectivity index (χ1v) is 8.54. The Balaban J connectivity index is 1.92. The number of aromatic nitrogens is 3. The third-order valence-corrected chi connectivity index (χ3v) is 4.42. The second-order valence-electron chi connectivity index (χ2n) is 5.10. The number of amides is 1. The largest absolute Gasteiger partial charge is 0.354 e. The molecule has 0 saturated heterocycles. The van der Waals surface area contributed by atoms with Crippen molar-refractivity contribution in [2.75, 3.05) is 18.5 Å². The number of nitrogens with one attached hydrogen (secondary N) is 2. The van der Waals surface area contributed by atoms with Crippen LogP contribution in [0.1, 0.15) is 38.9 Å². The number of carbonyl (C=O) groups is 1. The van der Waals surface area contributed by atoms with E-state index in [2.05, 4.69) is 26.6 Å². The lowest BCUT2D eigenvalue weighted by atomic mass is 10.2. The first kappa shape index (κ1) is 12.5. The predicted octanol–water partition coefficient (Wildman–Crippen LogP) is 3.23. The number of carbonyl (C=O) groups excluding carboxylic acids is 1. The van der Waals surface area contributed by atoms with Crippen molar-refractivity contribution in [2.45, 2.75) is 23.7 Å². The molecule has 0 aliphatic heterocycles. The van der Waals surface area contributed by atoms with Gasteiger partial charge in [0.25, 0.3) is 5.91 Å². The van der Waals surface area contributed by atoms with Gasteiger partial charge in [-0.25, -0.2) is 4.98 Å². The van der Waals surface area contributed by atoms with Crippen LogP contribution in [0.4, 0.5) is 11.5 Å². The lowest BCUT2D eigenvalue weighted by Crippen LogP contribution is -2.21. The second-order valence-corrected chi connectivity index (χ2v) is 6.34. The Morgan fingerprint density at radius 3 is 2.96 bits per heavy atom. The molecular weight excluding hydrogens is 334 g/mol. The van der Waals surface area contributed by atoms with Crippen molar-refractivity contribution in [1.82, 2.24) is 20.5 Å². The molecule has 2 aromatic rings. The number of anilines is 2. The fourth-order valence-corrected chi connectivity index (χ4v) is 2.86. The van der Waals surface area contributed by atoms with Crippen LogP contribution in [0.3, 0.4) is 0 Å². The molecule has 2 aromatic heterocycles. The molecule has 1 amide bonds. The Hall–Kier alpha value is -1.86. The second kappa shape index (κ2) is 6.72. The molecule has 0 atom stereocenters. The summed E-state index contributed by atoms with van der Waals surface area (Å²) in [6, 6.07) is 3.47. The first-order valence-electron chi connectivity index (χ1n) is 8.43. The SMILES string of the molecule is [2H]C([2H])([2H])NC(=O)c1nnc(Cl)cc1Nc1ncc(C2CC2)cc1SC. The Bertz CT molecular complexity index is 845. The summed E-state index contributed by atoms with van der Waals surface area (Å²) in [7, 11) is 0. The number of halogens is 1. The van der Waals surface area contributed by atoms with Crippen molar-refractivity contribution in [2.24, 2.45) is 0 Å². The van der Waals surface area contributed by atoms with Gasteiger partial charge in [-0.05, 0) is 36.6 Å².